The molecule has 0 saturated carbocycles. The lowest BCUT2D eigenvalue weighted by Crippen LogP contribution is -2.20. The van der Waals surface area contributed by atoms with Crippen molar-refractivity contribution in [3.05, 3.63) is 29.3 Å². The molecule has 0 bridgehead atoms. The Hall–Kier alpha value is -3.29. The van der Waals surface area contributed by atoms with Gasteiger partial charge in [-0.1, -0.05) is 0 Å². The minimum Gasteiger partial charge on any atom is -0.504 e. The number of ketones is 1. The van der Waals surface area contributed by atoms with E-state index < -0.39 is 40.6 Å². The van der Waals surface area contributed by atoms with Crippen LogP contribution in [-0.4, -0.2) is 38.4 Å². The van der Waals surface area contributed by atoms with Crippen LogP contribution in [0.3, 0.4) is 0 Å². The number of methoxy groups -OCH3 is 1. The number of hydrogen-bond acceptors (Lipinski definition) is 8. The molecule has 0 saturated heterocycles. The fourth-order valence-corrected chi connectivity index (χ4v) is 2.66. The Morgan fingerprint density at radius 2 is 1.75 bits per heavy atom. The highest BCUT2D eigenvalue weighted by Gasteiger charge is 2.34. The monoisotopic (exact) mass is 334 g/mol. The highest BCUT2D eigenvalue weighted by molar-refractivity contribution is 6.03. The van der Waals surface area contributed by atoms with Crippen LogP contribution in [0.5, 0.6) is 40.2 Å². The van der Waals surface area contributed by atoms with Gasteiger partial charge < -0.3 is 35.0 Å². The first kappa shape index (κ1) is 15.6. The Bertz CT molecular complexity index is 843. The van der Waals surface area contributed by atoms with Crippen molar-refractivity contribution in [3.63, 3.8) is 0 Å². The number of fused-ring (bicyclic) bond motifs is 1. The molecule has 2 aromatic rings. The number of rotatable bonds is 2. The molecule has 24 heavy (non-hydrogen) atoms. The highest BCUT2D eigenvalue weighted by Crippen LogP contribution is 2.50. The molecule has 0 fully saturated rings. The van der Waals surface area contributed by atoms with E-state index in [0.717, 1.165) is 12.1 Å². The molecule has 1 heterocycles. The SMILES string of the molecule is COc1c(O)cc2c(c1O)C(=O)C[C@H](c1ccc(O)c(O)c1O)O2. The van der Waals surface area contributed by atoms with E-state index in [1.807, 2.05) is 0 Å². The van der Waals surface area contributed by atoms with Gasteiger partial charge >= 0.3 is 0 Å². The van der Waals surface area contributed by atoms with Crippen molar-refractivity contribution < 1.29 is 39.8 Å². The number of phenols is 5. The van der Waals surface area contributed by atoms with E-state index in [-0.39, 0.29) is 29.0 Å². The fraction of sp³-hybridized carbons (Fsp3) is 0.188. The number of benzene rings is 2. The lowest BCUT2D eigenvalue weighted by Gasteiger charge is -2.27. The van der Waals surface area contributed by atoms with Crippen LogP contribution in [0.1, 0.15) is 28.4 Å². The average molecular weight is 334 g/mol. The Morgan fingerprint density at radius 1 is 1.04 bits per heavy atom. The van der Waals surface area contributed by atoms with E-state index >= 15 is 0 Å². The molecular formula is C16H14O8. The number of ether oxygens (including phenoxy) is 2. The van der Waals surface area contributed by atoms with Crippen molar-refractivity contribution in [2.24, 2.45) is 0 Å². The first-order valence-electron chi connectivity index (χ1n) is 6.91. The van der Waals surface area contributed by atoms with Crippen LogP contribution >= 0.6 is 0 Å². The largest absolute Gasteiger partial charge is 0.504 e. The van der Waals surface area contributed by atoms with E-state index in [4.69, 9.17) is 9.47 Å². The first-order chi connectivity index (χ1) is 11.3. The van der Waals surface area contributed by atoms with Crippen molar-refractivity contribution >= 4 is 5.78 Å². The third-order valence-electron chi connectivity index (χ3n) is 3.83. The van der Waals surface area contributed by atoms with Gasteiger partial charge in [0.05, 0.1) is 13.5 Å². The summed E-state index contributed by atoms with van der Waals surface area (Å²) in [4.78, 5) is 12.4. The predicted molar refractivity (Wildman–Crippen MR) is 80.1 cm³/mol. The van der Waals surface area contributed by atoms with Gasteiger partial charge in [-0.2, -0.15) is 0 Å². The summed E-state index contributed by atoms with van der Waals surface area (Å²) in [6.45, 7) is 0. The number of Topliss-reactive ketones (excluding diaryl/α,β-unsaturated/α-hetero) is 1. The summed E-state index contributed by atoms with van der Waals surface area (Å²) in [5, 5.41) is 48.8. The quantitative estimate of drug-likeness (QED) is 0.525. The Morgan fingerprint density at radius 3 is 2.42 bits per heavy atom. The van der Waals surface area contributed by atoms with Crippen molar-refractivity contribution in [2.75, 3.05) is 7.11 Å². The predicted octanol–water partition coefficient (Wildman–Crippen LogP) is 1.93. The van der Waals surface area contributed by atoms with Crippen LogP contribution in [0.2, 0.25) is 0 Å². The maximum Gasteiger partial charge on any atom is 0.203 e. The molecule has 1 aliphatic rings. The second-order valence-corrected chi connectivity index (χ2v) is 5.26. The third-order valence-corrected chi connectivity index (χ3v) is 3.83. The molecule has 0 aromatic heterocycles. The van der Waals surface area contributed by atoms with Crippen LogP contribution in [0, 0.1) is 0 Å². The molecule has 0 radical (unpaired) electrons. The van der Waals surface area contributed by atoms with E-state index in [2.05, 4.69) is 0 Å². The van der Waals surface area contributed by atoms with Gasteiger partial charge in [-0.3, -0.25) is 4.79 Å². The van der Waals surface area contributed by atoms with Gasteiger partial charge in [0, 0.05) is 11.6 Å². The Labute approximate surface area is 135 Å². The van der Waals surface area contributed by atoms with Crippen LogP contribution in [0.4, 0.5) is 0 Å². The van der Waals surface area contributed by atoms with Crippen LogP contribution in [-0.2, 0) is 0 Å². The number of carbonyl (C=O) groups is 1. The topological polar surface area (TPSA) is 137 Å². The molecule has 126 valence electrons. The van der Waals surface area contributed by atoms with Gasteiger partial charge in [-0.25, -0.2) is 0 Å². The van der Waals surface area contributed by atoms with Crippen LogP contribution in [0.15, 0.2) is 18.2 Å². The minimum absolute atomic E-state index is 0.0825. The molecule has 3 rings (SSSR count). The van der Waals surface area contributed by atoms with E-state index in [9.17, 15) is 30.3 Å². The maximum absolute atomic E-state index is 12.4. The molecule has 8 nitrogen and oxygen atoms in total. The van der Waals surface area contributed by atoms with E-state index in [0.29, 0.717) is 0 Å². The summed E-state index contributed by atoms with van der Waals surface area (Å²) in [7, 11) is 1.23. The van der Waals surface area contributed by atoms with Crippen molar-refractivity contribution in [2.45, 2.75) is 12.5 Å². The molecular weight excluding hydrogens is 320 g/mol. The lowest BCUT2D eigenvalue weighted by atomic mass is 9.94. The Balaban J connectivity index is 2.08. The van der Waals surface area contributed by atoms with Gasteiger partial charge in [-0.05, 0) is 12.1 Å². The van der Waals surface area contributed by atoms with E-state index in [1.165, 1.54) is 13.2 Å². The summed E-state index contributed by atoms with van der Waals surface area (Å²) >= 11 is 0. The zero-order valence-corrected chi connectivity index (χ0v) is 12.5. The van der Waals surface area contributed by atoms with Crippen LogP contribution < -0.4 is 9.47 Å². The lowest BCUT2D eigenvalue weighted by molar-refractivity contribution is 0.0839. The normalized spacial score (nSPS) is 16.4. The second kappa shape index (κ2) is 5.41. The summed E-state index contributed by atoms with van der Waals surface area (Å²) in [6, 6.07) is 3.57. The zero-order chi connectivity index (χ0) is 17.6. The fourth-order valence-electron chi connectivity index (χ4n) is 2.66. The number of phenolic OH excluding ortho intramolecular Hbond substituents is 5. The highest BCUT2D eigenvalue weighted by atomic mass is 16.5. The number of hydrogen-bond donors (Lipinski definition) is 5. The van der Waals surface area contributed by atoms with Gasteiger partial charge in [0.2, 0.25) is 11.5 Å². The van der Waals surface area contributed by atoms with Crippen molar-refractivity contribution in [1.29, 1.82) is 0 Å². The molecule has 0 spiro atoms. The van der Waals surface area contributed by atoms with E-state index in [1.54, 1.807) is 0 Å². The zero-order valence-electron chi connectivity index (χ0n) is 12.5. The molecule has 1 atom stereocenters. The van der Waals surface area contributed by atoms with Gasteiger partial charge in [0.1, 0.15) is 17.4 Å². The summed E-state index contributed by atoms with van der Waals surface area (Å²) in [5.41, 5.74) is -0.0533. The summed E-state index contributed by atoms with van der Waals surface area (Å²) in [5.74, 6) is -3.63. The first-order valence-corrected chi connectivity index (χ1v) is 6.91. The molecule has 2 aromatic carbocycles. The Kier molecular flexibility index (Phi) is 3.52. The standard InChI is InChI=1S/C16H14O8/c1-23-16-9(19)5-11-12(15(16)22)8(18)4-10(24-11)6-2-3-7(17)14(21)13(6)20/h2-3,5,10,17,19-22H,4H2,1H3/t10-/m1/s1. The smallest absolute Gasteiger partial charge is 0.203 e. The maximum atomic E-state index is 12.4. The molecule has 0 unspecified atom stereocenters. The summed E-state index contributed by atoms with van der Waals surface area (Å²) in [6.07, 6.45) is -1.20. The molecule has 1 aliphatic heterocycles. The van der Waals surface area contributed by atoms with Gasteiger partial charge in [0.25, 0.3) is 0 Å². The molecule has 5 N–H and O–H groups in total. The van der Waals surface area contributed by atoms with Gasteiger partial charge in [0.15, 0.2) is 28.8 Å². The molecule has 0 amide bonds. The van der Waals surface area contributed by atoms with Crippen molar-refractivity contribution in [3.8, 4) is 40.2 Å². The van der Waals surface area contributed by atoms with Gasteiger partial charge in [-0.15, -0.1) is 0 Å². The summed E-state index contributed by atoms with van der Waals surface area (Å²) < 4.78 is 10.4. The van der Waals surface area contributed by atoms with Crippen molar-refractivity contribution in [1.82, 2.24) is 0 Å². The third kappa shape index (κ3) is 2.19. The number of aromatic hydroxyl groups is 5. The molecule has 8 heteroatoms. The average Bonchev–Trinajstić information content (AvgIpc) is 2.52. The molecule has 0 aliphatic carbocycles. The van der Waals surface area contributed by atoms with Crippen LogP contribution in [0.25, 0.3) is 0 Å². The minimum atomic E-state index is -0.969. The number of carbonyl (C=O) groups excluding carboxylic acids is 1. The second-order valence-electron chi connectivity index (χ2n) is 5.26.